The first-order valence-corrected chi connectivity index (χ1v) is 6.75. The van der Waals surface area contributed by atoms with Gasteiger partial charge in [0, 0.05) is 11.5 Å². The molecule has 2 rings (SSSR count). The molecule has 19 heavy (non-hydrogen) atoms. The average molecular weight is 324 g/mol. The number of rotatable bonds is 3. The van der Waals surface area contributed by atoms with E-state index in [1.54, 1.807) is 37.1 Å². The topological polar surface area (TPSA) is 23.5 Å². The summed E-state index contributed by atoms with van der Waals surface area (Å²) in [5.74, 6) is -0.267. The molecule has 100 valence electrons. The van der Waals surface area contributed by atoms with Crippen molar-refractivity contribution in [2.75, 3.05) is 11.9 Å². The van der Waals surface area contributed by atoms with Crippen LogP contribution in [0.2, 0.25) is 0 Å². The molecule has 0 bridgehead atoms. The van der Waals surface area contributed by atoms with Gasteiger partial charge in [-0.2, -0.15) is 0 Å². The van der Waals surface area contributed by atoms with E-state index in [4.69, 9.17) is 0 Å². The minimum absolute atomic E-state index is 0.267. The molecule has 0 saturated heterocycles. The molecule has 1 atom stereocenters. The number of hydrogen-bond donors (Lipinski definition) is 1. The predicted octanol–water partition coefficient (Wildman–Crippen LogP) is 4.41. The highest BCUT2D eigenvalue weighted by Crippen LogP contribution is 2.33. The zero-order chi connectivity index (χ0) is 14.0. The van der Waals surface area contributed by atoms with Crippen LogP contribution < -0.4 is 4.90 Å². The molecule has 2 aromatic carbocycles. The summed E-state index contributed by atoms with van der Waals surface area (Å²) in [4.78, 5) is 1.77. The van der Waals surface area contributed by atoms with Crippen LogP contribution in [0.1, 0.15) is 18.6 Å². The van der Waals surface area contributed by atoms with Crippen LogP contribution in [0.4, 0.5) is 15.8 Å². The molecular weight excluding hydrogens is 309 g/mol. The van der Waals surface area contributed by atoms with Crippen LogP contribution in [0.5, 0.6) is 0 Å². The standard InChI is InChI=1S/C15H15BrFNO/c1-10(19)11-7-8-14(12(16)9-11)18(2)15-6-4-3-5-13(15)17/h3-10,19H,1-2H3/t10-/m1/s1. The third-order valence-corrected chi connectivity index (χ3v) is 3.66. The van der Waals surface area contributed by atoms with Gasteiger partial charge in [-0.05, 0) is 52.7 Å². The predicted molar refractivity (Wildman–Crippen MR) is 79.2 cm³/mol. The highest BCUT2D eigenvalue weighted by Gasteiger charge is 2.13. The highest BCUT2D eigenvalue weighted by atomic mass is 79.9. The second kappa shape index (κ2) is 5.72. The molecule has 0 saturated carbocycles. The summed E-state index contributed by atoms with van der Waals surface area (Å²) in [6, 6.07) is 12.2. The van der Waals surface area contributed by atoms with Crippen molar-refractivity contribution in [2.24, 2.45) is 0 Å². The summed E-state index contributed by atoms with van der Waals surface area (Å²) >= 11 is 3.46. The third kappa shape index (κ3) is 2.96. The molecule has 0 fully saturated rings. The molecule has 0 radical (unpaired) electrons. The normalized spacial score (nSPS) is 12.3. The molecule has 0 aliphatic rings. The fourth-order valence-electron chi connectivity index (χ4n) is 1.91. The van der Waals surface area contributed by atoms with Crippen LogP contribution in [0, 0.1) is 5.82 Å². The molecule has 0 aromatic heterocycles. The van der Waals surface area contributed by atoms with Gasteiger partial charge in [0.05, 0.1) is 17.5 Å². The Balaban J connectivity index is 2.40. The lowest BCUT2D eigenvalue weighted by Crippen LogP contribution is -2.12. The Kier molecular flexibility index (Phi) is 4.22. The number of aliphatic hydroxyl groups excluding tert-OH is 1. The molecular formula is C15H15BrFNO. The lowest BCUT2D eigenvalue weighted by molar-refractivity contribution is 0.199. The van der Waals surface area contributed by atoms with Crippen molar-refractivity contribution >= 4 is 27.3 Å². The summed E-state index contributed by atoms with van der Waals surface area (Å²) in [6.07, 6.45) is -0.524. The van der Waals surface area contributed by atoms with Crippen molar-refractivity contribution in [2.45, 2.75) is 13.0 Å². The number of halogens is 2. The van der Waals surface area contributed by atoms with E-state index in [1.807, 2.05) is 18.2 Å². The number of aliphatic hydroxyl groups is 1. The fourth-order valence-corrected chi connectivity index (χ4v) is 2.57. The Morgan fingerprint density at radius 1 is 1.16 bits per heavy atom. The zero-order valence-corrected chi connectivity index (χ0v) is 12.4. The molecule has 0 amide bonds. The molecule has 0 aliphatic heterocycles. The molecule has 2 nitrogen and oxygen atoms in total. The van der Waals surface area contributed by atoms with Crippen LogP contribution in [0.25, 0.3) is 0 Å². The highest BCUT2D eigenvalue weighted by molar-refractivity contribution is 9.10. The lowest BCUT2D eigenvalue weighted by atomic mass is 10.1. The minimum Gasteiger partial charge on any atom is -0.389 e. The first-order valence-electron chi connectivity index (χ1n) is 5.96. The smallest absolute Gasteiger partial charge is 0.146 e. The molecule has 1 N–H and O–H groups in total. The van der Waals surface area contributed by atoms with E-state index in [1.165, 1.54) is 6.07 Å². The van der Waals surface area contributed by atoms with Crippen LogP contribution in [-0.4, -0.2) is 12.2 Å². The maximum atomic E-state index is 13.8. The van der Waals surface area contributed by atoms with Crippen molar-refractivity contribution in [3.63, 3.8) is 0 Å². The van der Waals surface area contributed by atoms with Crippen molar-refractivity contribution < 1.29 is 9.50 Å². The second-order valence-corrected chi connectivity index (χ2v) is 5.25. The monoisotopic (exact) mass is 323 g/mol. The summed E-state index contributed by atoms with van der Waals surface area (Å²) in [7, 11) is 1.81. The van der Waals surface area contributed by atoms with Crippen LogP contribution in [0.3, 0.4) is 0 Å². The maximum absolute atomic E-state index is 13.8. The number of para-hydroxylation sites is 1. The van der Waals surface area contributed by atoms with Crippen LogP contribution in [-0.2, 0) is 0 Å². The van der Waals surface area contributed by atoms with Gasteiger partial charge in [-0.15, -0.1) is 0 Å². The van der Waals surface area contributed by atoms with Gasteiger partial charge in [0.15, 0.2) is 0 Å². The van der Waals surface area contributed by atoms with Gasteiger partial charge in [-0.1, -0.05) is 18.2 Å². The summed E-state index contributed by atoms with van der Waals surface area (Å²) < 4.78 is 14.6. The van der Waals surface area contributed by atoms with E-state index >= 15 is 0 Å². The SMILES string of the molecule is C[C@@H](O)c1ccc(N(C)c2ccccc2F)c(Br)c1. The van der Waals surface area contributed by atoms with E-state index in [-0.39, 0.29) is 5.82 Å². The van der Waals surface area contributed by atoms with E-state index in [0.717, 1.165) is 15.7 Å². The number of hydrogen-bond acceptors (Lipinski definition) is 2. The first-order chi connectivity index (χ1) is 9.00. The third-order valence-electron chi connectivity index (χ3n) is 3.03. The lowest BCUT2D eigenvalue weighted by Gasteiger charge is -2.22. The summed E-state index contributed by atoms with van der Waals surface area (Å²) in [5.41, 5.74) is 2.17. The van der Waals surface area contributed by atoms with Gasteiger partial charge in [0.2, 0.25) is 0 Å². The van der Waals surface area contributed by atoms with E-state index in [2.05, 4.69) is 15.9 Å². The van der Waals surface area contributed by atoms with Gasteiger partial charge in [0.1, 0.15) is 5.82 Å². The Bertz CT molecular complexity index is 586. The quantitative estimate of drug-likeness (QED) is 0.904. The Morgan fingerprint density at radius 3 is 2.42 bits per heavy atom. The van der Waals surface area contributed by atoms with Crippen molar-refractivity contribution in [3.8, 4) is 0 Å². The van der Waals surface area contributed by atoms with E-state index < -0.39 is 6.10 Å². The van der Waals surface area contributed by atoms with Gasteiger partial charge >= 0.3 is 0 Å². The molecule has 0 aliphatic carbocycles. The van der Waals surface area contributed by atoms with Gasteiger partial charge in [-0.25, -0.2) is 4.39 Å². The maximum Gasteiger partial charge on any atom is 0.146 e. The van der Waals surface area contributed by atoms with Gasteiger partial charge < -0.3 is 10.0 Å². The van der Waals surface area contributed by atoms with Gasteiger partial charge in [-0.3, -0.25) is 0 Å². The molecule has 2 aromatic rings. The Hall–Kier alpha value is -1.39. The van der Waals surface area contributed by atoms with Gasteiger partial charge in [0.25, 0.3) is 0 Å². The molecule has 0 spiro atoms. The largest absolute Gasteiger partial charge is 0.389 e. The van der Waals surface area contributed by atoms with Crippen molar-refractivity contribution in [1.29, 1.82) is 0 Å². The van der Waals surface area contributed by atoms with Crippen LogP contribution in [0.15, 0.2) is 46.9 Å². The molecule has 4 heteroatoms. The van der Waals surface area contributed by atoms with E-state index in [0.29, 0.717) is 5.69 Å². The Morgan fingerprint density at radius 2 is 1.84 bits per heavy atom. The number of nitrogens with zero attached hydrogens (tertiary/aromatic N) is 1. The zero-order valence-electron chi connectivity index (χ0n) is 10.8. The summed E-state index contributed by atoms with van der Waals surface area (Å²) in [5, 5.41) is 9.54. The second-order valence-electron chi connectivity index (χ2n) is 4.40. The Labute approximate surface area is 120 Å². The van der Waals surface area contributed by atoms with Crippen LogP contribution >= 0.6 is 15.9 Å². The van der Waals surface area contributed by atoms with Crippen molar-refractivity contribution in [1.82, 2.24) is 0 Å². The number of anilines is 2. The summed E-state index contributed by atoms with van der Waals surface area (Å²) in [6.45, 7) is 1.71. The molecule has 0 heterocycles. The van der Waals surface area contributed by atoms with Crippen molar-refractivity contribution in [3.05, 3.63) is 58.3 Å². The minimum atomic E-state index is -0.524. The van der Waals surface area contributed by atoms with E-state index in [9.17, 15) is 9.50 Å². The number of benzene rings is 2. The fraction of sp³-hybridized carbons (Fsp3) is 0.200. The first kappa shape index (κ1) is 14.0. The molecule has 0 unspecified atom stereocenters. The average Bonchev–Trinajstić information content (AvgIpc) is 2.38.